The first kappa shape index (κ1) is 6.46. The van der Waals surface area contributed by atoms with Gasteiger partial charge in [0.05, 0.1) is 0 Å². The minimum absolute atomic E-state index is 0.572. The van der Waals surface area contributed by atoms with Gasteiger partial charge in [0.2, 0.25) is 0 Å². The lowest BCUT2D eigenvalue weighted by Crippen LogP contribution is -2.30. The number of rotatable bonds is 3. The molecule has 3 heteroatoms. The van der Waals surface area contributed by atoms with Crippen LogP contribution in [0.2, 0.25) is 0 Å². The molecule has 0 saturated carbocycles. The molecule has 0 bridgehead atoms. The normalized spacial score (nSPS) is 8.29. The minimum atomic E-state index is 0.572. The number of nitrogens with zero attached hydrogens (tertiary/aromatic N) is 1. The molecule has 0 rings (SSSR count). The highest BCUT2D eigenvalue weighted by atomic mass is 15.4. The molecular formula is C4H11N3. The maximum absolute atomic E-state index is 5.22. The first-order valence-corrected chi connectivity index (χ1v) is 2.15. The monoisotopic (exact) mass is 101 g/mol. The van der Waals surface area contributed by atoms with Gasteiger partial charge in [0.1, 0.15) is 0 Å². The van der Waals surface area contributed by atoms with E-state index in [4.69, 9.17) is 11.6 Å². The smallest absolute Gasteiger partial charge is 0.0457 e. The lowest BCUT2D eigenvalue weighted by Gasteiger charge is -2.08. The molecule has 3 nitrogen and oxygen atoms in total. The molecule has 0 aliphatic rings. The van der Waals surface area contributed by atoms with Crippen molar-refractivity contribution in [2.45, 2.75) is 0 Å². The molecule has 7 heavy (non-hydrogen) atoms. The summed E-state index contributed by atoms with van der Waals surface area (Å²) in [6.07, 6.45) is 1.53. The van der Waals surface area contributed by atoms with E-state index in [1.165, 1.54) is 11.2 Å². The lowest BCUT2D eigenvalue weighted by atomic mass is 10.6. The maximum atomic E-state index is 5.22. The fourth-order valence-corrected chi connectivity index (χ4v) is 0.240. The van der Waals surface area contributed by atoms with E-state index in [1.807, 2.05) is 0 Å². The maximum Gasteiger partial charge on any atom is 0.0457 e. The van der Waals surface area contributed by atoms with E-state index in [9.17, 15) is 0 Å². The Morgan fingerprint density at radius 1 is 1.71 bits per heavy atom. The van der Waals surface area contributed by atoms with Crippen LogP contribution in [0.25, 0.3) is 0 Å². The molecule has 0 aliphatic heterocycles. The van der Waals surface area contributed by atoms with Gasteiger partial charge in [-0.2, -0.15) is 0 Å². The van der Waals surface area contributed by atoms with Crippen LogP contribution in [-0.4, -0.2) is 18.1 Å². The van der Waals surface area contributed by atoms with Crippen LogP contribution < -0.4 is 11.6 Å². The molecule has 0 amide bonds. The largest absolute Gasteiger partial charge is 0.329 e. The Morgan fingerprint density at radius 2 is 2.29 bits per heavy atom. The number of nitrogens with two attached hydrogens (primary N) is 2. The summed E-state index contributed by atoms with van der Waals surface area (Å²) in [4.78, 5) is 0. The van der Waals surface area contributed by atoms with Crippen LogP contribution in [0.15, 0.2) is 12.8 Å². The van der Waals surface area contributed by atoms with Crippen LogP contribution >= 0.6 is 0 Å². The SMILES string of the molecule is C=CN(N)CCN. The molecule has 0 radical (unpaired) electrons. The van der Waals surface area contributed by atoms with Gasteiger partial charge >= 0.3 is 0 Å². The zero-order valence-electron chi connectivity index (χ0n) is 4.30. The molecule has 0 saturated heterocycles. The van der Waals surface area contributed by atoms with Gasteiger partial charge < -0.3 is 10.7 Å². The Hall–Kier alpha value is -0.540. The summed E-state index contributed by atoms with van der Waals surface area (Å²) in [5, 5.41) is 1.44. The van der Waals surface area contributed by atoms with Crippen LogP contribution in [-0.2, 0) is 0 Å². The fraction of sp³-hybridized carbons (Fsp3) is 0.500. The second kappa shape index (κ2) is 3.64. The van der Waals surface area contributed by atoms with Crippen molar-refractivity contribution in [3.63, 3.8) is 0 Å². The molecule has 0 aromatic rings. The van der Waals surface area contributed by atoms with E-state index >= 15 is 0 Å². The summed E-state index contributed by atoms with van der Waals surface area (Å²) >= 11 is 0. The Bertz CT molecular complexity index is 52.9. The van der Waals surface area contributed by atoms with Gasteiger partial charge in [-0.15, -0.1) is 0 Å². The topological polar surface area (TPSA) is 55.3 Å². The van der Waals surface area contributed by atoms with Gasteiger partial charge in [-0.3, -0.25) is 0 Å². The molecule has 0 heterocycles. The molecular weight excluding hydrogens is 90.1 g/mol. The van der Waals surface area contributed by atoms with Crippen molar-refractivity contribution in [1.82, 2.24) is 5.01 Å². The highest BCUT2D eigenvalue weighted by Gasteiger charge is 1.81. The van der Waals surface area contributed by atoms with Crippen LogP contribution in [0.5, 0.6) is 0 Å². The second-order valence-electron chi connectivity index (χ2n) is 1.21. The van der Waals surface area contributed by atoms with Crippen molar-refractivity contribution in [3.05, 3.63) is 12.8 Å². The van der Waals surface area contributed by atoms with Gasteiger partial charge in [0, 0.05) is 19.3 Å². The highest BCUT2D eigenvalue weighted by Crippen LogP contribution is 1.69. The first-order chi connectivity index (χ1) is 3.31. The highest BCUT2D eigenvalue weighted by molar-refractivity contribution is 4.63. The van der Waals surface area contributed by atoms with Gasteiger partial charge in [0.15, 0.2) is 0 Å². The van der Waals surface area contributed by atoms with Crippen LogP contribution in [0.4, 0.5) is 0 Å². The fourth-order valence-electron chi connectivity index (χ4n) is 0.240. The van der Waals surface area contributed by atoms with Gasteiger partial charge in [-0.05, 0) is 0 Å². The Morgan fingerprint density at radius 3 is 2.43 bits per heavy atom. The van der Waals surface area contributed by atoms with E-state index in [1.54, 1.807) is 0 Å². The van der Waals surface area contributed by atoms with E-state index in [-0.39, 0.29) is 0 Å². The van der Waals surface area contributed by atoms with Crippen LogP contribution in [0.3, 0.4) is 0 Å². The molecule has 0 spiro atoms. The van der Waals surface area contributed by atoms with Crippen LogP contribution in [0.1, 0.15) is 0 Å². The molecule has 0 unspecified atom stereocenters. The second-order valence-corrected chi connectivity index (χ2v) is 1.21. The summed E-state index contributed by atoms with van der Waals surface area (Å²) in [6.45, 7) is 4.67. The zero-order valence-corrected chi connectivity index (χ0v) is 4.30. The van der Waals surface area contributed by atoms with E-state index in [0.29, 0.717) is 13.1 Å². The Balaban J connectivity index is 2.98. The average Bonchev–Trinajstić information content (AvgIpc) is 1.68. The quantitative estimate of drug-likeness (QED) is 0.364. The summed E-state index contributed by atoms with van der Waals surface area (Å²) in [6, 6.07) is 0. The van der Waals surface area contributed by atoms with Crippen molar-refractivity contribution >= 4 is 0 Å². The van der Waals surface area contributed by atoms with Crippen molar-refractivity contribution in [1.29, 1.82) is 0 Å². The van der Waals surface area contributed by atoms with E-state index < -0.39 is 0 Å². The molecule has 0 aromatic carbocycles. The predicted octanol–water partition coefficient (Wildman–Crippen LogP) is -0.736. The van der Waals surface area contributed by atoms with Gasteiger partial charge in [-0.1, -0.05) is 6.58 Å². The minimum Gasteiger partial charge on any atom is -0.329 e. The number of hydrogen-bond acceptors (Lipinski definition) is 3. The van der Waals surface area contributed by atoms with Gasteiger partial charge in [-0.25, -0.2) is 5.84 Å². The zero-order chi connectivity index (χ0) is 5.70. The molecule has 0 fully saturated rings. The molecule has 4 N–H and O–H groups in total. The van der Waals surface area contributed by atoms with Gasteiger partial charge in [0.25, 0.3) is 0 Å². The third-order valence-electron chi connectivity index (χ3n) is 0.622. The Kier molecular flexibility index (Phi) is 3.36. The standard InChI is InChI=1S/C4H11N3/c1-2-7(6)4-3-5/h2H,1,3-6H2. The van der Waals surface area contributed by atoms with Crippen LogP contribution in [0, 0.1) is 0 Å². The summed E-state index contributed by atoms with van der Waals surface area (Å²) < 4.78 is 0. The van der Waals surface area contributed by atoms with E-state index in [2.05, 4.69) is 6.58 Å². The first-order valence-electron chi connectivity index (χ1n) is 2.15. The van der Waals surface area contributed by atoms with Crippen molar-refractivity contribution in [3.8, 4) is 0 Å². The van der Waals surface area contributed by atoms with Crippen molar-refractivity contribution in [2.24, 2.45) is 11.6 Å². The number of hydrazine groups is 1. The average molecular weight is 101 g/mol. The molecule has 0 aliphatic carbocycles. The Labute approximate surface area is 43.6 Å². The summed E-state index contributed by atoms with van der Waals surface area (Å²) in [5.74, 6) is 5.22. The third kappa shape index (κ3) is 3.29. The molecule has 0 aromatic heterocycles. The van der Waals surface area contributed by atoms with Crippen molar-refractivity contribution < 1.29 is 0 Å². The summed E-state index contributed by atoms with van der Waals surface area (Å²) in [7, 11) is 0. The van der Waals surface area contributed by atoms with E-state index in [0.717, 1.165) is 0 Å². The predicted molar refractivity (Wildman–Crippen MR) is 30.1 cm³/mol. The molecule has 42 valence electrons. The summed E-state index contributed by atoms with van der Waals surface area (Å²) in [5.41, 5.74) is 5.14. The lowest BCUT2D eigenvalue weighted by molar-refractivity contribution is 0.405. The third-order valence-corrected chi connectivity index (χ3v) is 0.622. The van der Waals surface area contributed by atoms with Crippen molar-refractivity contribution in [2.75, 3.05) is 13.1 Å². The number of hydrogen-bond donors (Lipinski definition) is 2. The molecule has 0 atom stereocenters.